The Morgan fingerprint density at radius 2 is 1.88 bits per heavy atom. The van der Waals surface area contributed by atoms with Crippen molar-refractivity contribution in [2.24, 2.45) is 0 Å². The van der Waals surface area contributed by atoms with Gasteiger partial charge in [-0.1, -0.05) is 35.9 Å². The number of aliphatic hydroxyl groups excluding tert-OH is 1. The van der Waals surface area contributed by atoms with Crippen LogP contribution in [0, 0.1) is 0 Å². The molecule has 0 radical (unpaired) electrons. The highest BCUT2D eigenvalue weighted by Gasteiger charge is 2.47. The number of nitrogens with one attached hydrogen (secondary N) is 2. The first-order valence-corrected chi connectivity index (χ1v) is 10.8. The maximum Gasteiger partial charge on any atom is 0.410 e. The molecule has 0 saturated carbocycles. The highest BCUT2D eigenvalue weighted by Crippen LogP contribution is 2.46. The molecule has 0 spiro atoms. The quantitative estimate of drug-likeness (QED) is 0.435. The van der Waals surface area contributed by atoms with Crippen LogP contribution in [0.25, 0.3) is 0 Å². The molecule has 0 aliphatic carbocycles. The first kappa shape index (κ1) is 23.9. The highest BCUT2D eigenvalue weighted by atomic mass is 35.5. The monoisotopic (exact) mass is 494 g/mol. The molecule has 180 valence electrons. The zero-order valence-electron chi connectivity index (χ0n) is 18.2. The number of hydrogen-bond acceptors (Lipinski definition) is 5. The van der Waals surface area contributed by atoms with Crippen molar-refractivity contribution in [2.75, 3.05) is 17.7 Å². The molecule has 3 aromatic rings. The minimum Gasteiger partial charge on any atom is -0.497 e. The van der Waals surface area contributed by atoms with Gasteiger partial charge in [0.25, 0.3) is 5.91 Å². The Balaban J connectivity index is 1.64. The molecule has 3 atom stereocenters. The molecule has 4 rings (SSSR count). The normalized spacial score (nSPS) is 18.6. The molecule has 0 fully saturated rings. The summed E-state index contributed by atoms with van der Waals surface area (Å²) in [5.74, 6) is -0.249. The zero-order chi connectivity index (χ0) is 24.6. The molecule has 0 saturated heterocycles. The van der Waals surface area contributed by atoms with Crippen molar-refractivity contribution >= 4 is 29.0 Å². The second-order valence-electron chi connectivity index (χ2n) is 7.97. The largest absolute Gasteiger partial charge is 0.497 e. The summed E-state index contributed by atoms with van der Waals surface area (Å²) < 4.78 is 47.7. The van der Waals surface area contributed by atoms with Gasteiger partial charge in [-0.2, -0.15) is 18.3 Å². The van der Waals surface area contributed by atoms with Crippen molar-refractivity contribution in [2.45, 2.75) is 37.7 Å². The van der Waals surface area contributed by atoms with Crippen molar-refractivity contribution in [3.05, 3.63) is 70.4 Å². The molecular formula is C23H22ClF3N4O3. The molecule has 34 heavy (non-hydrogen) atoms. The van der Waals surface area contributed by atoms with E-state index < -0.39 is 30.3 Å². The number of carbonyl (C=O) groups excluding carboxylic acids is 1. The number of methoxy groups -OCH3 is 1. The second-order valence-corrected chi connectivity index (χ2v) is 8.35. The van der Waals surface area contributed by atoms with Crippen LogP contribution in [0.15, 0.2) is 48.5 Å². The molecule has 2 heterocycles. The lowest BCUT2D eigenvalue weighted by Gasteiger charge is -2.33. The third-order valence-electron chi connectivity index (χ3n) is 5.68. The predicted molar refractivity (Wildman–Crippen MR) is 121 cm³/mol. The lowest BCUT2D eigenvalue weighted by molar-refractivity contribution is -0.173. The van der Waals surface area contributed by atoms with E-state index in [2.05, 4.69) is 15.7 Å². The van der Waals surface area contributed by atoms with Crippen LogP contribution in [0.4, 0.5) is 24.7 Å². The van der Waals surface area contributed by atoms with Crippen LogP contribution in [0.5, 0.6) is 5.75 Å². The highest BCUT2D eigenvalue weighted by molar-refractivity contribution is 6.36. The second kappa shape index (κ2) is 9.19. The van der Waals surface area contributed by atoms with Gasteiger partial charge in [0.15, 0.2) is 11.7 Å². The number of carbonyl (C=O) groups is 1. The van der Waals surface area contributed by atoms with Crippen molar-refractivity contribution in [1.29, 1.82) is 0 Å². The number of aromatic nitrogens is 2. The van der Waals surface area contributed by atoms with Gasteiger partial charge in [0.2, 0.25) is 0 Å². The van der Waals surface area contributed by atoms with E-state index >= 15 is 0 Å². The van der Waals surface area contributed by atoms with Crippen LogP contribution >= 0.6 is 11.6 Å². The number of halogens is 4. The van der Waals surface area contributed by atoms with E-state index in [9.17, 15) is 23.1 Å². The first-order chi connectivity index (χ1) is 16.1. The SMILES string of the molecule is COc1ccc([C@H]2C[C@@H](C(F)(F)F)n3nc(C(=O)Nc4ccc([C@@H](C)O)cc4)c(Cl)c3N2)cc1. The fourth-order valence-corrected chi connectivity index (χ4v) is 4.09. The molecule has 0 unspecified atom stereocenters. The van der Waals surface area contributed by atoms with E-state index in [1.165, 1.54) is 7.11 Å². The summed E-state index contributed by atoms with van der Waals surface area (Å²) in [4.78, 5) is 12.8. The number of rotatable bonds is 5. The summed E-state index contributed by atoms with van der Waals surface area (Å²) in [7, 11) is 1.50. The van der Waals surface area contributed by atoms with E-state index in [1.54, 1.807) is 55.5 Å². The number of anilines is 2. The van der Waals surface area contributed by atoms with Crippen molar-refractivity contribution < 1.29 is 27.8 Å². The summed E-state index contributed by atoms with van der Waals surface area (Å²) in [6.45, 7) is 1.60. The summed E-state index contributed by atoms with van der Waals surface area (Å²) in [6, 6.07) is 10.4. The van der Waals surface area contributed by atoms with Gasteiger partial charge >= 0.3 is 6.18 Å². The van der Waals surface area contributed by atoms with Gasteiger partial charge < -0.3 is 20.5 Å². The van der Waals surface area contributed by atoms with E-state index in [-0.39, 0.29) is 23.0 Å². The molecule has 7 nitrogen and oxygen atoms in total. The topological polar surface area (TPSA) is 88.4 Å². The maximum atomic E-state index is 13.9. The van der Waals surface area contributed by atoms with Gasteiger partial charge in [-0.3, -0.25) is 4.79 Å². The standard InChI is InChI=1S/C23H22ClF3N4O3/c1-12(32)13-3-7-15(8-4-13)28-22(33)20-19(24)21-29-17(14-5-9-16(34-2)10-6-14)11-18(23(25,26)27)31(21)30-20/h3-10,12,17-18,29,32H,11H2,1-2H3,(H,28,33)/t12-,17-,18+/m1/s1. The number of benzene rings is 2. The van der Waals surface area contributed by atoms with E-state index in [0.29, 0.717) is 22.6 Å². The van der Waals surface area contributed by atoms with Gasteiger partial charge in [-0.15, -0.1) is 0 Å². The van der Waals surface area contributed by atoms with Gasteiger partial charge in [0.1, 0.15) is 16.6 Å². The number of nitrogens with zero attached hydrogens (tertiary/aromatic N) is 2. The minimum atomic E-state index is -4.61. The zero-order valence-corrected chi connectivity index (χ0v) is 19.0. The first-order valence-electron chi connectivity index (χ1n) is 10.4. The average Bonchev–Trinajstić information content (AvgIpc) is 3.14. The Bertz CT molecular complexity index is 1180. The lowest BCUT2D eigenvalue weighted by atomic mass is 9.97. The van der Waals surface area contributed by atoms with E-state index in [1.807, 2.05) is 0 Å². The molecule has 1 aliphatic rings. The number of hydrogen-bond donors (Lipinski definition) is 3. The summed E-state index contributed by atoms with van der Waals surface area (Å²) >= 11 is 6.36. The van der Waals surface area contributed by atoms with E-state index in [4.69, 9.17) is 16.3 Å². The van der Waals surface area contributed by atoms with Crippen LogP contribution in [0.2, 0.25) is 5.02 Å². The van der Waals surface area contributed by atoms with Crippen molar-refractivity contribution in [3.8, 4) is 5.75 Å². The lowest BCUT2D eigenvalue weighted by Crippen LogP contribution is -2.35. The van der Waals surface area contributed by atoms with Crippen LogP contribution in [0.1, 0.15) is 53.1 Å². The summed E-state index contributed by atoms with van der Waals surface area (Å²) in [6.07, 6.45) is -5.62. The molecule has 1 aliphatic heterocycles. The van der Waals surface area contributed by atoms with Gasteiger partial charge in [0, 0.05) is 12.1 Å². The molecular weight excluding hydrogens is 473 g/mol. The fraction of sp³-hybridized carbons (Fsp3) is 0.304. The van der Waals surface area contributed by atoms with Crippen molar-refractivity contribution in [1.82, 2.24) is 9.78 Å². The van der Waals surface area contributed by atoms with E-state index in [0.717, 1.165) is 4.68 Å². The van der Waals surface area contributed by atoms with Crippen LogP contribution in [-0.4, -0.2) is 34.1 Å². The van der Waals surface area contributed by atoms with Gasteiger partial charge in [-0.05, 0) is 42.3 Å². The Morgan fingerprint density at radius 1 is 1.24 bits per heavy atom. The summed E-state index contributed by atoms with van der Waals surface area (Å²) in [5, 5.41) is 18.9. The smallest absolute Gasteiger partial charge is 0.410 e. The average molecular weight is 495 g/mol. The molecule has 11 heteroatoms. The number of alkyl halides is 3. The van der Waals surface area contributed by atoms with Gasteiger partial charge in [-0.25, -0.2) is 4.68 Å². The molecule has 2 aromatic carbocycles. The Labute approximate surface area is 198 Å². The maximum absolute atomic E-state index is 13.9. The number of ether oxygens (including phenoxy) is 1. The predicted octanol–water partition coefficient (Wildman–Crippen LogP) is 5.51. The molecule has 3 N–H and O–H groups in total. The third kappa shape index (κ3) is 4.69. The molecule has 1 aromatic heterocycles. The molecule has 1 amide bonds. The number of fused-ring (bicyclic) bond motifs is 1. The Kier molecular flexibility index (Phi) is 6.46. The minimum absolute atomic E-state index is 0.0781. The van der Waals surface area contributed by atoms with Crippen LogP contribution in [0.3, 0.4) is 0 Å². The van der Waals surface area contributed by atoms with Gasteiger partial charge in [0.05, 0.1) is 19.3 Å². The molecule has 0 bridgehead atoms. The van der Waals surface area contributed by atoms with Crippen molar-refractivity contribution in [3.63, 3.8) is 0 Å². The number of amides is 1. The fourth-order valence-electron chi connectivity index (χ4n) is 3.82. The Hall–Kier alpha value is -3.24. The third-order valence-corrected chi connectivity index (χ3v) is 6.04. The van der Waals surface area contributed by atoms with Crippen LogP contribution in [-0.2, 0) is 0 Å². The summed E-state index contributed by atoms with van der Waals surface area (Å²) in [5.41, 5.74) is 1.32. The Morgan fingerprint density at radius 3 is 2.44 bits per heavy atom. The number of aliphatic hydroxyl groups is 1. The van der Waals surface area contributed by atoms with Crippen LogP contribution < -0.4 is 15.4 Å².